The van der Waals surface area contributed by atoms with E-state index in [2.05, 4.69) is 24.5 Å². The van der Waals surface area contributed by atoms with Gasteiger partial charge in [-0.2, -0.15) is 0 Å². The predicted octanol–water partition coefficient (Wildman–Crippen LogP) is 3.41. The predicted molar refractivity (Wildman–Crippen MR) is 103 cm³/mol. The highest BCUT2D eigenvalue weighted by atomic mass is 16.5. The van der Waals surface area contributed by atoms with Crippen LogP contribution in [0.5, 0.6) is 5.75 Å². The van der Waals surface area contributed by atoms with Crippen molar-refractivity contribution in [1.29, 1.82) is 0 Å². The Balaban J connectivity index is 1.70. The highest BCUT2D eigenvalue weighted by molar-refractivity contribution is 6.39. The van der Waals surface area contributed by atoms with E-state index in [-0.39, 0.29) is 0 Å². The SMILES string of the molecule is CC(C)COc1ccc(NC(=O)C(=O)NCCCc2ccccc2)cc1. The molecule has 0 aromatic heterocycles. The summed E-state index contributed by atoms with van der Waals surface area (Å²) in [5, 5.41) is 5.23. The van der Waals surface area contributed by atoms with E-state index in [4.69, 9.17) is 4.74 Å². The molecular formula is C21H26N2O3. The highest BCUT2D eigenvalue weighted by Gasteiger charge is 2.13. The normalized spacial score (nSPS) is 10.4. The van der Waals surface area contributed by atoms with E-state index < -0.39 is 11.8 Å². The maximum atomic E-state index is 11.9. The third-order valence-electron chi connectivity index (χ3n) is 3.67. The smallest absolute Gasteiger partial charge is 0.313 e. The van der Waals surface area contributed by atoms with Gasteiger partial charge in [0.25, 0.3) is 0 Å². The van der Waals surface area contributed by atoms with Gasteiger partial charge in [-0.05, 0) is 48.6 Å². The van der Waals surface area contributed by atoms with E-state index in [0.29, 0.717) is 24.8 Å². The number of hydrogen-bond acceptors (Lipinski definition) is 3. The summed E-state index contributed by atoms with van der Waals surface area (Å²) in [6.07, 6.45) is 1.64. The van der Waals surface area contributed by atoms with Gasteiger partial charge in [-0.3, -0.25) is 9.59 Å². The molecule has 0 fully saturated rings. The molecule has 0 radical (unpaired) electrons. The third-order valence-corrected chi connectivity index (χ3v) is 3.67. The Kier molecular flexibility index (Phi) is 7.68. The lowest BCUT2D eigenvalue weighted by atomic mass is 10.1. The number of benzene rings is 2. The average Bonchev–Trinajstić information content (AvgIpc) is 2.65. The average molecular weight is 354 g/mol. The summed E-state index contributed by atoms with van der Waals surface area (Å²) in [5.74, 6) is -0.110. The zero-order valence-corrected chi connectivity index (χ0v) is 15.3. The first kappa shape index (κ1) is 19.5. The van der Waals surface area contributed by atoms with Crippen LogP contribution in [0.4, 0.5) is 5.69 Å². The van der Waals surface area contributed by atoms with Gasteiger partial charge in [-0.15, -0.1) is 0 Å². The number of rotatable bonds is 8. The molecule has 138 valence electrons. The Morgan fingerprint density at radius 2 is 1.65 bits per heavy atom. The Hall–Kier alpha value is -2.82. The Morgan fingerprint density at radius 1 is 0.962 bits per heavy atom. The zero-order chi connectivity index (χ0) is 18.8. The third kappa shape index (κ3) is 6.97. The van der Waals surface area contributed by atoms with Crippen LogP contribution in [0.1, 0.15) is 25.8 Å². The Labute approximate surface area is 154 Å². The number of nitrogens with one attached hydrogen (secondary N) is 2. The first-order chi connectivity index (χ1) is 12.5. The lowest BCUT2D eigenvalue weighted by Crippen LogP contribution is -2.36. The fourth-order valence-corrected chi connectivity index (χ4v) is 2.30. The number of carbonyl (C=O) groups excluding carboxylic acids is 2. The van der Waals surface area contributed by atoms with Crippen LogP contribution in [0, 0.1) is 5.92 Å². The van der Waals surface area contributed by atoms with Gasteiger partial charge in [-0.1, -0.05) is 44.2 Å². The molecule has 0 spiro atoms. The van der Waals surface area contributed by atoms with Crippen LogP contribution in [0.3, 0.4) is 0 Å². The summed E-state index contributed by atoms with van der Waals surface area (Å²) in [6.45, 7) is 5.25. The fraction of sp³-hybridized carbons (Fsp3) is 0.333. The molecule has 5 nitrogen and oxygen atoms in total. The van der Waals surface area contributed by atoms with E-state index in [1.165, 1.54) is 5.56 Å². The Bertz CT molecular complexity index is 697. The van der Waals surface area contributed by atoms with Crippen molar-refractivity contribution in [3.63, 3.8) is 0 Å². The number of amides is 2. The van der Waals surface area contributed by atoms with Crippen molar-refractivity contribution in [1.82, 2.24) is 5.32 Å². The molecule has 0 aliphatic carbocycles. The molecule has 2 N–H and O–H groups in total. The van der Waals surface area contributed by atoms with Crippen molar-refractivity contribution in [3.8, 4) is 5.75 Å². The van der Waals surface area contributed by atoms with Crippen LogP contribution >= 0.6 is 0 Å². The van der Waals surface area contributed by atoms with E-state index in [1.54, 1.807) is 24.3 Å². The van der Waals surface area contributed by atoms with Gasteiger partial charge < -0.3 is 15.4 Å². The second-order valence-corrected chi connectivity index (χ2v) is 6.53. The second-order valence-electron chi connectivity index (χ2n) is 6.53. The summed E-state index contributed by atoms with van der Waals surface area (Å²) >= 11 is 0. The summed E-state index contributed by atoms with van der Waals surface area (Å²) in [7, 11) is 0. The van der Waals surface area contributed by atoms with Crippen molar-refractivity contribution in [2.75, 3.05) is 18.5 Å². The largest absolute Gasteiger partial charge is 0.493 e. The molecule has 2 rings (SSSR count). The molecule has 0 aliphatic heterocycles. The van der Waals surface area contributed by atoms with Gasteiger partial charge in [0.1, 0.15) is 5.75 Å². The van der Waals surface area contributed by atoms with Crippen LogP contribution in [0.15, 0.2) is 54.6 Å². The lowest BCUT2D eigenvalue weighted by molar-refractivity contribution is -0.136. The second kappa shape index (κ2) is 10.2. The maximum Gasteiger partial charge on any atom is 0.313 e. The van der Waals surface area contributed by atoms with E-state index in [9.17, 15) is 9.59 Å². The number of carbonyl (C=O) groups is 2. The molecule has 0 bridgehead atoms. The number of ether oxygens (including phenoxy) is 1. The van der Waals surface area contributed by atoms with Crippen LogP contribution in [0.2, 0.25) is 0 Å². The van der Waals surface area contributed by atoms with Crippen molar-refractivity contribution in [2.24, 2.45) is 5.92 Å². The monoisotopic (exact) mass is 354 g/mol. The molecule has 0 atom stereocenters. The standard InChI is InChI=1S/C21H26N2O3/c1-16(2)15-26-19-12-10-18(11-13-19)23-21(25)20(24)22-14-6-9-17-7-4-3-5-8-17/h3-5,7-8,10-13,16H,6,9,14-15H2,1-2H3,(H,22,24)(H,23,25). The van der Waals surface area contributed by atoms with Crippen molar-refractivity contribution in [3.05, 3.63) is 60.2 Å². The summed E-state index contributed by atoms with van der Waals surface area (Å²) in [6, 6.07) is 17.0. The topological polar surface area (TPSA) is 67.4 Å². The fourth-order valence-electron chi connectivity index (χ4n) is 2.30. The molecule has 0 saturated carbocycles. The van der Waals surface area contributed by atoms with E-state index in [1.807, 2.05) is 30.3 Å². The van der Waals surface area contributed by atoms with E-state index in [0.717, 1.165) is 18.6 Å². The molecular weight excluding hydrogens is 328 g/mol. The number of anilines is 1. The van der Waals surface area contributed by atoms with Gasteiger partial charge in [0, 0.05) is 12.2 Å². The molecule has 0 saturated heterocycles. The van der Waals surface area contributed by atoms with Crippen LogP contribution in [-0.2, 0) is 16.0 Å². The maximum absolute atomic E-state index is 11.9. The summed E-state index contributed by atoms with van der Waals surface area (Å²) in [4.78, 5) is 23.8. The minimum absolute atomic E-state index is 0.444. The summed E-state index contributed by atoms with van der Waals surface area (Å²) < 4.78 is 5.58. The molecule has 0 heterocycles. The minimum Gasteiger partial charge on any atom is -0.493 e. The number of hydrogen-bond donors (Lipinski definition) is 2. The molecule has 0 unspecified atom stereocenters. The molecule has 2 aromatic rings. The number of aryl methyl sites for hydroxylation is 1. The molecule has 5 heteroatoms. The van der Waals surface area contributed by atoms with Crippen molar-refractivity contribution >= 4 is 17.5 Å². The van der Waals surface area contributed by atoms with Gasteiger partial charge in [0.05, 0.1) is 6.61 Å². The van der Waals surface area contributed by atoms with Gasteiger partial charge in [0.15, 0.2) is 0 Å². The molecule has 0 aliphatic rings. The van der Waals surface area contributed by atoms with Crippen molar-refractivity contribution in [2.45, 2.75) is 26.7 Å². The first-order valence-corrected chi connectivity index (χ1v) is 8.90. The molecule has 26 heavy (non-hydrogen) atoms. The minimum atomic E-state index is -0.666. The molecule has 2 aromatic carbocycles. The quantitative estimate of drug-likeness (QED) is 0.564. The van der Waals surface area contributed by atoms with Gasteiger partial charge >= 0.3 is 11.8 Å². The van der Waals surface area contributed by atoms with Gasteiger partial charge in [0.2, 0.25) is 0 Å². The van der Waals surface area contributed by atoms with Crippen LogP contribution in [-0.4, -0.2) is 25.0 Å². The van der Waals surface area contributed by atoms with Gasteiger partial charge in [-0.25, -0.2) is 0 Å². The first-order valence-electron chi connectivity index (χ1n) is 8.90. The summed E-state index contributed by atoms with van der Waals surface area (Å²) in [5.41, 5.74) is 1.78. The van der Waals surface area contributed by atoms with E-state index >= 15 is 0 Å². The molecule has 2 amide bonds. The van der Waals surface area contributed by atoms with Crippen molar-refractivity contribution < 1.29 is 14.3 Å². The lowest BCUT2D eigenvalue weighted by Gasteiger charge is -2.10. The highest BCUT2D eigenvalue weighted by Crippen LogP contribution is 2.16. The van der Waals surface area contributed by atoms with Crippen LogP contribution in [0.25, 0.3) is 0 Å². The zero-order valence-electron chi connectivity index (χ0n) is 15.3. The van der Waals surface area contributed by atoms with Crippen LogP contribution < -0.4 is 15.4 Å². The Morgan fingerprint density at radius 3 is 2.31 bits per heavy atom.